The van der Waals surface area contributed by atoms with Crippen molar-refractivity contribution in [1.82, 2.24) is 0 Å². The summed E-state index contributed by atoms with van der Waals surface area (Å²) in [5, 5.41) is 4.90. The van der Waals surface area contributed by atoms with E-state index in [1.54, 1.807) is 21.1 Å². The summed E-state index contributed by atoms with van der Waals surface area (Å²) >= 11 is 0. The molecule has 0 saturated heterocycles. The second-order valence-corrected chi connectivity index (χ2v) is 16.5. The van der Waals surface area contributed by atoms with Crippen LogP contribution in [0.25, 0.3) is 11.1 Å². The molecular formula is C17H22Si2. The Bertz CT molecular complexity index is 649. The third kappa shape index (κ3) is 1.77. The summed E-state index contributed by atoms with van der Waals surface area (Å²) in [7, 11) is -2.77. The molecule has 2 aromatic rings. The maximum absolute atomic E-state index is 2.49. The van der Waals surface area contributed by atoms with Gasteiger partial charge in [0.25, 0.3) is 0 Å². The summed E-state index contributed by atoms with van der Waals surface area (Å²) in [6.07, 6.45) is 0. The van der Waals surface area contributed by atoms with E-state index in [1.165, 1.54) is 5.56 Å². The van der Waals surface area contributed by atoms with Crippen LogP contribution in [0.3, 0.4) is 0 Å². The Morgan fingerprint density at radius 2 is 1.42 bits per heavy atom. The van der Waals surface area contributed by atoms with Crippen LogP contribution in [0.15, 0.2) is 42.5 Å². The third-order valence-electron chi connectivity index (χ3n) is 4.42. The Morgan fingerprint density at radius 3 is 2.11 bits per heavy atom. The summed E-state index contributed by atoms with van der Waals surface area (Å²) < 4.78 is 0. The summed E-state index contributed by atoms with van der Waals surface area (Å²) in [5.41, 5.74) is 3.11. The zero-order valence-electron chi connectivity index (χ0n) is 12.5. The monoisotopic (exact) mass is 282 g/mol. The van der Waals surface area contributed by atoms with E-state index in [0.29, 0.717) is 0 Å². The summed E-state index contributed by atoms with van der Waals surface area (Å²) in [5.74, 6) is 0. The van der Waals surface area contributed by atoms with Gasteiger partial charge in [-0.3, -0.25) is 0 Å². The van der Waals surface area contributed by atoms with Gasteiger partial charge in [0, 0.05) is 0 Å². The van der Waals surface area contributed by atoms with Crippen LogP contribution in [0.4, 0.5) is 0 Å². The van der Waals surface area contributed by atoms with Gasteiger partial charge in [0.15, 0.2) is 0 Å². The van der Waals surface area contributed by atoms with E-state index >= 15 is 0 Å². The van der Waals surface area contributed by atoms with Crippen molar-refractivity contribution < 1.29 is 0 Å². The minimum absolute atomic E-state index is 1.30. The van der Waals surface area contributed by atoms with E-state index in [1.807, 2.05) is 0 Å². The lowest BCUT2D eigenvalue weighted by atomic mass is 10.1. The van der Waals surface area contributed by atoms with E-state index in [0.717, 1.165) is 0 Å². The normalized spacial score (nSPS) is 16.1. The second kappa shape index (κ2) is 3.93. The molecule has 2 heteroatoms. The SMILES string of the molecule is C[Si](C)(C)c1cccc2c1-c1ccccc1[Si]2(C)C. The van der Waals surface area contributed by atoms with Gasteiger partial charge in [-0.2, -0.15) is 0 Å². The molecule has 3 rings (SSSR count). The highest BCUT2D eigenvalue weighted by Gasteiger charge is 2.39. The first-order valence-corrected chi connectivity index (χ1v) is 13.6. The van der Waals surface area contributed by atoms with Crippen LogP contribution in [-0.2, 0) is 0 Å². The Balaban J connectivity index is 2.41. The lowest BCUT2D eigenvalue weighted by molar-refractivity contribution is 1.68. The van der Waals surface area contributed by atoms with Gasteiger partial charge >= 0.3 is 0 Å². The largest absolute Gasteiger partial charge is 0.113 e. The van der Waals surface area contributed by atoms with Gasteiger partial charge in [0.05, 0.1) is 8.07 Å². The molecule has 1 aliphatic rings. The molecule has 0 unspecified atom stereocenters. The number of fused-ring (bicyclic) bond motifs is 3. The maximum atomic E-state index is 2.49. The number of rotatable bonds is 1. The summed E-state index contributed by atoms with van der Waals surface area (Å²) in [4.78, 5) is 0. The van der Waals surface area contributed by atoms with Gasteiger partial charge in [-0.25, -0.2) is 0 Å². The molecule has 1 heterocycles. The summed E-state index contributed by atoms with van der Waals surface area (Å²) in [6, 6.07) is 16.1. The Morgan fingerprint density at radius 1 is 0.789 bits per heavy atom. The van der Waals surface area contributed by atoms with Crippen LogP contribution in [-0.4, -0.2) is 16.1 Å². The minimum atomic E-state index is -1.47. The fourth-order valence-corrected chi connectivity index (χ4v) is 8.21. The van der Waals surface area contributed by atoms with Crippen molar-refractivity contribution >= 4 is 31.7 Å². The Hall–Kier alpha value is -1.13. The standard InChI is InChI=1S/C17H22Si2/c1-18(2,3)15-11-8-12-16-17(15)13-9-6-7-10-14(13)19(16,4)5/h6-12H,1-5H3. The highest BCUT2D eigenvalue weighted by molar-refractivity contribution is 7.05. The van der Waals surface area contributed by atoms with E-state index in [9.17, 15) is 0 Å². The highest BCUT2D eigenvalue weighted by Crippen LogP contribution is 2.28. The molecule has 0 saturated carbocycles. The first-order valence-electron chi connectivity index (χ1n) is 7.07. The molecule has 2 aromatic carbocycles. The predicted molar refractivity (Wildman–Crippen MR) is 91.6 cm³/mol. The molecule has 0 radical (unpaired) electrons. The smallest absolute Gasteiger partial charge is 0.0656 e. The molecule has 1 aliphatic heterocycles. The van der Waals surface area contributed by atoms with Crippen LogP contribution in [0.1, 0.15) is 0 Å². The van der Waals surface area contributed by atoms with Crippen molar-refractivity contribution in [3.05, 3.63) is 42.5 Å². The molecule has 0 aliphatic carbocycles. The van der Waals surface area contributed by atoms with Crippen molar-refractivity contribution in [2.24, 2.45) is 0 Å². The first kappa shape index (κ1) is 12.9. The van der Waals surface area contributed by atoms with Crippen LogP contribution in [0.2, 0.25) is 32.7 Å². The first-order chi connectivity index (χ1) is 8.83. The topological polar surface area (TPSA) is 0 Å². The molecule has 0 N–H and O–H groups in total. The Kier molecular flexibility index (Phi) is 2.67. The van der Waals surface area contributed by atoms with Gasteiger partial charge in [-0.15, -0.1) is 0 Å². The van der Waals surface area contributed by atoms with Gasteiger partial charge in [0.2, 0.25) is 0 Å². The third-order valence-corrected chi connectivity index (χ3v) is 9.99. The van der Waals surface area contributed by atoms with Crippen molar-refractivity contribution in [2.75, 3.05) is 0 Å². The van der Waals surface area contributed by atoms with Gasteiger partial charge in [-0.05, 0) is 21.5 Å². The number of hydrogen-bond donors (Lipinski definition) is 0. The van der Waals surface area contributed by atoms with Gasteiger partial charge in [-0.1, -0.05) is 80.4 Å². The zero-order valence-corrected chi connectivity index (χ0v) is 14.5. The van der Waals surface area contributed by atoms with Gasteiger partial charge < -0.3 is 0 Å². The lowest BCUT2D eigenvalue weighted by Gasteiger charge is -2.23. The van der Waals surface area contributed by atoms with Crippen LogP contribution < -0.4 is 15.6 Å². The van der Waals surface area contributed by atoms with Crippen molar-refractivity contribution in [2.45, 2.75) is 32.7 Å². The molecule has 0 aromatic heterocycles. The van der Waals surface area contributed by atoms with E-state index < -0.39 is 16.1 Å². The van der Waals surface area contributed by atoms with Crippen LogP contribution in [0, 0.1) is 0 Å². The summed E-state index contributed by atoms with van der Waals surface area (Å²) in [6.45, 7) is 12.4. The van der Waals surface area contributed by atoms with E-state index in [2.05, 4.69) is 75.2 Å². The minimum Gasteiger partial charge on any atom is -0.0656 e. The molecule has 0 atom stereocenters. The fraction of sp³-hybridized carbons (Fsp3) is 0.294. The number of hydrogen-bond acceptors (Lipinski definition) is 0. The molecule has 19 heavy (non-hydrogen) atoms. The maximum Gasteiger partial charge on any atom is 0.113 e. The van der Waals surface area contributed by atoms with E-state index in [4.69, 9.17) is 0 Å². The van der Waals surface area contributed by atoms with Crippen molar-refractivity contribution in [1.29, 1.82) is 0 Å². The molecule has 0 amide bonds. The fourth-order valence-electron chi connectivity index (χ4n) is 3.38. The average Bonchev–Trinajstić information content (AvgIpc) is 2.59. The molecule has 98 valence electrons. The van der Waals surface area contributed by atoms with Crippen molar-refractivity contribution in [3.63, 3.8) is 0 Å². The molecule has 0 fully saturated rings. The lowest BCUT2D eigenvalue weighted by Crippen LogP contribution is -2.50. The zero-order chi connectivity index (χ0) is 13.8. The highest BCUT2D eigenvalue weighted by atomic mass is 28.3. The van der Waals surface area contributed by atoms with Crippen LogP contribution in [0.5, 0.6) is 0 Å². The Labute approximate surface area is 118 Å². The van der Waals surface area contributed by atoms with Crippen LogP contribution >= 0.6 is 0 Å². The molecule has 0 bridgehead atoms. The van der Waals surface area contributed by atoms with E-state index in [-0.39, 0.29) is 0 Å². The predicted octanol–water partition coefficient (Wildman–Crippen LogP) is 3.03. The molecular weight excluding hydrogens is 260 g/mol. The number of benzene rings is 2. The van der Waals surface area contributed by atoms with Crippen molar-refractivity contribution in [3.8, 4) is 11.1 Å². The molecule has 0 nitrogen and oxygen atoms in total. The van der Waals surface area contributed by atoms with Gasteiger partial charge in [0.1, 0.15) is 8.07 Å². The molecule has 0 spiro atoms. The quantitative estimate of drug-likeness (QED) is 0.705. The average molecular weight is 283 g/mol. The second-order valence-electron chi connectivity index (χ2n) is 7.15.